The third kappa shape index (κ3) is 4.22. The van der Waals surface area contributed by atoms with Gasteiger partial charge in [0.2, 0.25) is 5.91 Å². The van der Waals surface area contributed by atoms with Crippen LogP contribution in [-0.4, -0.2) is 57.5 Å². The quantitative estimate of drug-likeness (QED) is 0.586. The summed E-state index contributed by atoms with van der Waals surface area (Å²) >= 11 is 1.44. The molecule has 2 heterocycles. The van der Waals surface area contributed by atoms with Crippen molar-refractivity contribution in [3.05, 3.63) is 48.8 Å². The van der Waals surface area contributed by atoms with E-state index in [1.54, 1.807) is 0 Å². The third-order valence-electron chi connectivity index (χ3n) is 4.29. The molecule has 3 rings (SSSR count). The lowest BCUT2D eigenvalue weighted by atomic mass is 10.2. The maximum atomic E-state index is 12.5. The molecule has 1 amide bonds. The second-order valence-corrected chi connectivity index (χ2v) is 6.86. The van der Waals surface area contributed by atoms with Gasteiger partial charge in [-0.2, -0.15) is 0 Å². The van der Waals surface area contributed by atoms with Crippen molar-refractivity contribution in [3.63, 3.8) is 0 Å². The Bertz CT molecular complexity index is 722. The van der Waals surface area contributed by atoms with E-state index in [2.05, 4.69) is 33.8 Å². The highest BCUT2D eigenvalue weighted by Crippen LogP contribution is 2.19. The zero-order valence-corrected chi connectivity index (χ0v) is 15.3. The van der Waals surface area contributed by atoms with Gasteiger partial charge in [-0.3, -0.25) is 4.79 Å². The Morgan fingerprint density at radius 2 is 1.92 bits per heavy atom. The van der Waals surface area contributed by atoms with E-state index in [0.29, 0.717) is 12.3 Å². The minimum absolute atomic E-state index is 0.156. The van der Waals surface area contributed by atoms with Crippen molar-refractivity contribution in [2.45, 2.75) is 18.6 Å². The summed E-state index contributed by atoms with van der Waals surface area (Å²) in [5.74, 6) is 1.38. The van der Waals surface area contributed by atoms with Crippen molar-refractivity contribution in [2.24, 2.45) is 0 Å². The molecule has 132 valence electrons. The Labute approximate surface area is 152 Å². The molecular weight excluding hydrogens is 334 g/mol. The zero-order chi connectivity index (χ0) is 17.6. The van der Waals surface area contributed by atoms with E-state index in [1.165, 1.54) is 17.4 Å². The molecule has 7 heteroatoms. The molecule has 0 atom stereocenters. The van der Waals surface area contributed by atoms with Crippen molar-refractivity contribution in [1.82, 2.24) is 19.7 Å². The van der Waals surface area contributed by atoms with Gasteiger partial charge in [0, 0.05) is 38.4 Å². The van der Waals surface area contributed by atoms with Crippen molar-refractivity contribution in [3.8, 4) is 0 Å². The predicted molar refractivity (Wildman–Crippen MR) is 101 cm³/mol. The number of carbonyl (C=O) groups is 1. The van der Waals surface area contributed by atoms with Crippen molar-refractivity contribution in [2.75, 3.05) is 36.8 Å². The van der Waals surface area contributed by atoms with Crippen LogP contribution in [0, 0.1) is 6.92 Å². The number of benzene rings is 1. The van der Waals surface area contributed by atoms with E-state index < -0.39 is 0 Å². The monoisotopic (exact) mass is 357 g/mol. The first-order valence-corrected chi connectivity index (χ1v) is 9.39. The SMILES string of the molecule is C=CCn1c(C)nnc1SCC(=O)N1CCN(c2ccccc2)CC1. The van der Waals surface area contributed by atoms with E-state index in [1.807, 2.05) is 40.7 Å². The van der Waals surface area contributed by atoms with Gasteiger partial charge in [-0.1, -0.05) is 36.0 Å². The molecule has 0 bridgehead atoms. The Morgan fingerprint density at radius 3 is 2.60 bits per heavy atom. The number of piperazine rings is 1. The van der Waals surface area contributed by atoms with Crippen LogP contribution in [0.3, 0.4) is 0 Å². The first kappa shape index (κ1) is 17.5. The van der Waals surface area contributed by atoms with Crippen molar-refractivity contribution in [1.29, 1.82) is 0 Å². The molecular formula is C18H23N5OS. The van der Waals surface area contributed by atoms with Gasteiger partial charge in [0.25, 0.3) is 0 Å². The van der Waals surface area contributed by atoms with Crippen LogP contribution in [-0.2, 0) is 11.3 Å². The molecule has 0 unspecified atom stereocenters. The summed E-state index contributed by atoms with van der Waals surface area (Å²) in [6.45, 7) is 9.57. The first-order valence-electron chi connectivity index (χ1n) is 8.40. The number of aryl methyl sites for hydroxylation is 1. The number of amides is 1. The van der Waals surface area contributed by atoms with Crippen LogP contribution < -0.4 is 4.90 Å². The van der Waals surface area contributed by atoms with Crippen LogP contribution >= 0.6 is 11.8 Å². The van der Waals surface area contributed by atoms with Gasteiger partial charge < -0.3 is 14.4 Å². The highest BCUT2D eigenvalue weighted by Gasteiger charge is 2.22. The summed E-state index contributed by atoms with van der Waals surface area (Å²) < 4.78 is 1.97. The van der Waals surface area contributed by atoms with Crippen LogP contribution in [0.1, 0.15) is 5.82 Å². The summed E-state index contributed by atoms with van der Waals surface area (Å²) in [7, 11) is 0. The van der Waals surface area contributed by atoms with Crippen molar-refractivity contribution >= 4 is 23.4 Å². The number of carbonyl (C=O) groups excluding carboxylic acids is 1. The van der Waals surface area contributed by atoms with Crippen molar-refractivity contribution < 1.29 is 4.79 Å². The Kier molecular flexibility index (Phi) is 5.75. The minimum atomic E-state index is 0.156. The fourth-order valence-corrected chi connectivity index (χ4v) is 3.77. The molecule has 2 aromatic rings. The summed E-state index contributed by atoms with van der Waals surface area (Å²) in [5, 5.41) is 9.01. The highest BCUT2D eigenvalue weighted by atomic mass is 32.2. The van der Waals surface area contributed by atoms with E-state index in [-0.39, 0.29) is 5.91 Å². The molecule has 0 aliphatic carbocycles. The number of anilines is 1. The Balaban J connectivity index is 1.51. The van der Waals surface area contributed by atoms with Crippen LogP contribution in [0.2, 0.25) is 0 Å². The van der Waals surface area contributed by atoms with E-state index in [4.69, 9.17) is 0 Å². The van der Waals surface area contributed by atoms with Crippen LogP contribution in [0.15, 0.2) is 48.1 Å². The largest absolute Gasteiger partial charge is 0.368 e. The molecule has 6 nitrogen and oxygen atoms in total. The normalized spacial score (nSPS) is 14.6. The molecule has 1 aromatic heterocycles. The standard InChI is InChI=1S/C18H23N5OS/c1-3-9-23-15(2)19-20-18(23)25-14-17(24)22-12-10-21(11-13-22)16-7-5-4-6-8-16/h3-8H,1,9-14H2,2H3. The lowest BCUT2D eigenvalue weighted by Gasteiger charge is -2.36. The van der Waals surface area contributed by atoms with Gasteiger partial charge >= 0.3 is 0 Å². The Hall–Kier alpha value is -2.28. The number of nitrogens with zero attached hydrogens (tertiary/aromatic N) is 5. The summed E-state index contributed by atoms with van der Waals surface area (Å²) in [6.07, 6.45) is 1.81. The van der Waals surface area contributed by atoms with Crippen LogP contribution in [0.5, 0.6) is 0 Å². The molecule has 25 heavy (non-hydrogen) atoms. The maximum absolute atomic E-state index is 12.5. The maximum Gasteiger partial charge on any atom is 0.233 e. The van der Waals surface area contributed by atoms with Gasteiger partial charge in [-0.05, 0) is 19.1 Å². The molecule has 0 radical (unpaired) electrons. The van der Waals surface area contributed by atoms with Crippen LogP contribution in [0.4, 0.5) is 5.69 Å². The topological polar surface area (TPSA) is 54.3 Å². The predicted octanol–water partition coefficient (Wildman–Crippen LogP) is 2.21. The number of para-hydroxylation sites is 1. The van der Waals surface area contributed by atoms with E-state index in [9.17, 15) is 4.79 Å². The van der Waals surface area contributed by atoms with E-state index >= 15 is 0 Å². The molecule has 1 aliphatic heterocycles. The number of hydrogen-bond donors (Lipinski definition) is 0. The molecule has 0 spiro atoms. The lowest BCUT2D eigenvalue weighted by Crippen LogP contribution is -2.49. The van der Waals surface area contributed by atoms with Gasteiger partial charge in [0.05, 0.1) is 5.75 Å². The number of thioether (sulfide) groups is 1. The Morgan fingerprint density at radius 1 is 1.20 bits per heavy atom. The molecule has 1 saturated heterocycles. The fourth-order valence-electron chi connectivity index (χ4n) is 2.88. The van der Waals surface area contributed by atoms with Gasteiger partial charge in [-0.25, -0.2) is 0 Å². The summed E-state index contributed by atoms with van der Waals surface area (Å²) in [5.41, 5.74) is 1.22. The lowest BCUT2D eigenvalue weighted by molar-refractivity contribution is -0.128. The summed E-state index contributed by atoms with van der Waals surface area (Å²) in [6, 6.07) is 10.3. The van der Waals surface area contributed by atoms with E-state index in [0.717, 1.165) is 37.2 Å². The molecule has 0 saturated carbocycles. The number of hydrogen-bond acceptors (Lipinski definition) is 5. The third-order valence-corrected chi connectivity index (χ3v) is 5.24. The molecule has 1 aromatic carbocycles. The van der Waals surface area contributed by atoms with Gasteiger partial charge in [0.1, 0.15) is 5.82 Å². The number of rotatable bonds is 6. The average Bonchev–Trinajstić information content (AvgIpc) is 3.01. The van der Waals surface area contributed by atoms with Gasteiger partial charge in [0.15, 0.2) is 5.16 Å². The first-order chi connectivity index (χ1) is 12.2. The second-order valence-electron chi connectivity index (χ2n) is 5.92. The smallest absolute Gasteiger partial charge is 0.233 e. The van der Waals surface area contributed by atoms with Gasteiger partial charge in [-0.15, -0.1) is 16.8 Å². The fraction of sp³-hybridized carbons (Fsp3) is 0.389. The zero-order valence-electron chi connectivity index (χ0n) is 14.5. The molecule has 0 N–H and O–H groups in total. The van der Waals surface area contributed by atoms with Crippen LogP contribution in [0.25, 0.3) is 0 Å². The molecule has 1 aliphatic rings. The average molecular weight is 357 g/mol. The minimum Gasteiger partial charge on any atom is -0.368 e. The molecule has 1 fully saturated rings. The number of aromatic nitrogens is 3. The number of allylic oxidation sites excluding steroid dienone is 1. The highest BCUT2D eigenvalue weighted by molar-refractivity contribution is 7.99. The second kappa shape index (κ2) is 8.20. The summed E-state index contributed by atoms with van der Waals surface area (Å²) in [4.78, 5) is 16.8.